The van der Waals surface area contributed by atoms with Crippen LogP contribution in [-0.4, -0.2) is 26.3 Å². The van der Waals surface area contributed by atoms with Gasteiger partial charge in [-0.25, -0.2) is 8.42 Å². The standard InChI is InChI=1S/C16H21NO2S/c18-20(19)11-10-16(12-20)17-15-8-6-14(7-9-15)13-4-2-1-3-5-13/h1-5,10-11,14-17H,6-9,12H2. The van der Waals surface area contributed by atoms with Crippen molar-refractivity contribution >= 4 is 9.84 Å². The molecule has 0 radical (unpaired) electrons. The Kier molecular flexibility index (Phi) is 3.94. The predicted molar refractivity (Wildman–Crippen MR) is 81.3 cm³/mol. The molecular weight excluding hydrogens is 270 g/mol. The molecule has 108 valence electrons. The molecule has 1 aliphatic carbocycles. The van der Waals surface area contributed by atoms with Gasteiger partial charge in [-0.2, -0.15) is 0 Å². The Morgan fingerprint density at radius 3 is 2.30 bits per heavy atom. The third-order valence-electron chi connectivity index (χ3n) is 4.38. The van der Waals surface area contributed by atoms with E-state index in [1.54, 1.807) is 6.08 Å². The number of benzene rings is 1. The van der Waals surface area contributed by atoms with E-state index in [1.807, 2.05) is 0 Å². The van der Waals surface area contributed by atoms with Crippen LogP contribution in [0.25, 0.3) is 0 Å². The minimum Gasteiger partial charge on any atom is -0.307 e. The van der Waals surface area contributed by atoms with Crippen molar-refractivity contribution < 1.29 is 8.42 Å². The van der Waals surface area contributed by atoms with Crippen molar-refractivity contribution in [3.05, 3.63) is 47.4 Å². The fraction of sp³-hybridized carbons (Fsp3) is 0.500. The van der Waals surface area contributed by atoms with Crippen LogP contribution in [0, 0.1) is 0 Å². The fourth-order valence-electron chi connectivity index (χ4n) is 3.30. The molecule has 1 unspecified atom stereocenters. The normalized spacial score (nSPS) is 32.3. The van der Waals surface area contributed by atoms with Gasteiger partial charge < -0.3 is 5.32 Å². The second-order valence-corrected chi connectivity index (χ2v) is 7.82. The molecule has 1 atom stereocenters. The van der Waals surface area contributed by atoms with Crippen molar-refractivity contribution in [3.63, 3.8) is 0 Å². The van der Waals surface area contributed by atoms with Gasteiger partial charge in [-0.3, -0.25) is 0 Å². The van der Waals surface area contributed by atoms with E-state index in [4.69, 9.17) is 0 Å². The molecule has 1 aromatic carbocycles. The molecule has 3 nitrogen and oxygen atoms in total. The van der Waals surface area contributed by atoms with Gasteiger partial charge in [0.25, 0.3) is 0 Å². The maximum atomic E-state index is 11.4. The van der Waals surface area contributed by atoms with Gasteiger partial charge in [-0.1, -0.05) is 36.4 Å². The van der Waals surface area contributed by atoms with Crippen LogP contribution in [-0.2, 0) is 9.84 Å². The zero-order valence-electron chi connectivity index (χ0n) is 11.5. The Morgan fingerprint density at radius 2 is 1.70 bits per heavy atom. The summed E-state index contributed by atoms with van der Waals surface area (Å²) in [7, 11) is -2.94. The first-order valence-electron chi connectivity index (χ1n) is 7.34. The van der Waals surface area contributed by atoms with Crippen molar-refractivity contribution in [1.82, 2.24) is 5.32 Å². The number of rotatable bonds is 3. The van der Waals surface area contributed by atoms with Crippen molar-refractivity contribution in [2.24, 2.45) is 0 Å². The van der Waals surface area contributed by atoms with Crippen LogP contribution in [0.4, 0.5) is 0 Å². The van der Waals surface area contributed by atoms with Gasteiger partial charge in [0.05, 0.1) is 5.75 Å². The van der Waals surface area contributed by atoms with E-state index in [9.17, 15) is 8.42 Å². The van der Waals surface area contributed by atoms with E-state index in [1.165, 1.54) is 23.8 Å². The van der Waals surface area contributed by atoms with Crippen LogP contribution in [0.15, 0.2) is 41.8 Å². The predicted octanol–water partition coefficient (Wildman–Crippen LogP) is 2.61. The third-order valence-corrected chi connectivity index (χ3v) is 5.77. The highest BCUT2D eigenvalue weighted by Gasteiger charge is 2.27. The van der Waals surface area contributed by atoms with Gasteiger partial charge in [0.2, 0.25) is 0 Å². The van der Waals surface area contributed by atoms with E-state index >= 15 is 0 Å². The van der Waals surface area contributed by atoms with Crippen molar-refractivity contribution in [1.29, 1.82) is 0 Å². The molecule has 0 bridgehead atoms. The first-order valence-corrected chi connectivity index (χ1v) is 9.06. The topological polar surface area (TPSA) is 46.2 Å². The average Bonchev–Trinajstić information content (AvgIpc) is 2.80. The summed E-state index contributed by atoms with van der Waals surface area (Å²) in [6, 6.07) is 11.2. The number of sulfone groups is 1. The van der Waals surface area contributed by atoms with E-state index in [0.29, 0.717) is 12.0 Å². The van der Waals surface area contributed by atoms with E-state index in [-0.39, 0.29) is 11.8 Å². The highest BCUT2D eigenvalue weighted by molar-refractivity contribution is 7.94. The molecular formula is C16H21NO2S. The lowest BCUT2D eigenvalue weighted by molar-refractivity contribution is 0.334. The van der Waals surface area contributed by atoms with Crippen LogP contribution in [0.2, 0.25) is 0 Å². The molecule has 1 aromatic rings. The third kappa shape index (κ3) is 3.30. The van der Waals surface area contributed by atoms with Crippen LogP contribution < -0.4 is 5.32 Å². The minimum absolute atomic E-state index is 0.0123. The highest BCUT2D eigenvalue weighted by atomic mass is 32.2. The molecule has 1 N–H and O–H groups in total. The lowest BCUT2D eigenvalue weighted by Gasteiger charge is -2.31. The highest BCUT2D eigenvalue weighted by Crippen LogP contribution is 2.33. The Labute approximate surface area is 121 Å². The maximum Gasteiger partial charge on any atom is 0.173 e. The van der Waals surface area contributed by atoms with Crippen LogP contribution in [0.3, 0.4) is 0 Å². The molecule has 1 aliphatic heterocycles. The fourth-order valence-corrected chi connectivity index (χ4v) is 4.55. The zero-order chi connectivity index (χ0) is 14.0. The number of hydrogen-bond acceptors (Lipinski definition) is 3. The van der Waals surface area contributed by atoms with Crippen molar-refractivity contribution in [3.8, 4) is 0 Å². The largest absolute Gasteiger partial charge is 0.307 e. The number of nitrogens with one attached hydrogen (secondary N) is 1. The average molecular weight is 291 g/mol. The molecule has 1 saturated carbocycles. The number of hydrogen-bond donors (Lipinski definition) is 1. The molecule has 0 spiro atoms. The molecule has 0 saturated heterocycles. The summed E-state index contributed by atoms with van der Waals surface area (Å²) in [5.74, 6) is 0.892. The second kappa shape index (κ2) is 5.70. The van der Waals surface area contributed by atoms with Gasteiger partial charge in [0.1, 0.15) is 0 Å². The van der Waals surface area contributed by atoms with Gasteiger partial charge in [0.15, 0.2) is 9.84 Å². The van der Waals surface area contributed by atoms with Crippen LogP contribution >= 0.6 is 0 Å². The molecule has 20 heavy (non-hydrogen) atoms. The maximum absolute atomic E-state index is 11.4. The molecule has 0 aromatic heterocycles. The Morgan fingerprint density at radius 1 is 1.00 bits per heavy atom. The molecule has 0 amide bonds. The van der Waals surface area contributed by atoms with Crippen molar-refractivity contribution in [2.45, 2.75) is 43.7 Å². The Bertz CT molecular complexity index is 572. The smallest absolute Gasteiger partial charge is 0.173 e. The monoisotopic (exact) mass is 291 g/mol. The SMILES string of the molecule is O=S1(=O)C=CC(NC2CCC(c3ccccc3)CC2)C1. The van der Waals surface area contributed by atoms with Crippen LogP contribution in [0.1, 0.15) is 37.2 Å². The quantitative estimate of drug-likeness (QED) is 0.931. The summed E-state index contributed by atoms with van der Waals surface area (Å²) in [5.41, 5.74) is 1.44. The summed E-state index contributed by atoms with van der Waals surface area (Å²) in [4.78, 5) is 0. The molecule has 2 aliphatic rings. The lowest BCUT2D eigenvalue weighted by atomic mass is 9.81. The first kappa shape index (κ1) is 13.8. The van der Waals surface area contributed by atoms with Crippen molar-refractivity contribution in [2.75, 3.05) is 5.75 Å². The van der Waals surface area contributed by atoms with Gasteiger partial charge in [-0.15, -0.1) is 0 Å². The summed E-state index contributed by atoms with van der Waals surface area (Å²) < 4.78 is 22.8. The lowest BCUT2D eigenvalue weighted by Crippen LogP contribution is -2.40. The molecule has 3 rings (SSSR count). The summed E-state index contributed by atoms with van der Waals surface area (Å²) in [6.45, 7) is 0. The summed E-state index contributed by atoms with van der Waals surface area (Å²) >= 11 is 0. The Balaban J connectivity index is 1.51. The van der Waals surface area contributed by atoms with E-state index in [0.717, 1.165) is 12.8 Å². The van der Waals surface area contributed by atoms with Crippen LogP contribution in [0.5, 0.6) is 0 Å². The minimum atomic E-state index is -2.94. The molecule has 1 heterocycles. The van der Waals surface area contributed by atoms with Gasteiger partial charge in [-0.05, 0) is 37.2 Å². The summed E-state index contributed by atoms with van der Waals surface area (Å²) in [5, 5.41) is 4.83. The second-order valence-electron chi connectivity index (χ2n) is 5.89. The first-order chi connectivity index (χ1) is 9.62. The zero-order valence-corrected chi connectivity index (χ0v) is 12.4. The van der Waals surface area contributed by atoms with E-state index in [2.05, 4.69) is 35.6 Å². The summed E-state index contributed by atoms with van der Waals surface area (Å²) in [6.07, 6.45) is 6.42. The van der Waals surface area contributed by atoms with Gasteiger partial charge in [0, 0.05) is 17.5 Å². The molecule has 4 heteroatoms. The molecule has 1 fully saturated rings. The van der Waals surface area contributed by atoms with E-state index < -0.39 is 9.84 Å². The Hall–Kier alpha value is -1.13. The van der Waals surface area contributed by atoms with Gasteiger partial charge >= 0.3 is 0 Å².